The average molecular weight is 269 g/mol. The van der Waals surface area contributed by atoms with Crippen molar-refractivity contribution in [1.82, 2.24) is 9.97 Å². The third-order valence-corrected chi connectivity index (χ3v) is 3.06. The second-order valence-electron chi connectivity index (χ2n) is 4.28. The summed E-state index contributed by atoms with van der Waals surface area (Å²) >= 11 is 0. The molecule has 6 heteroatoms. The molecule has 0 bridgehead atoms. The average Bonchev–Trinajstić information content (AvgIpc) is 2.84. The Morgan fingerprint density at radius 2 is 2.10 bits per heavy atom. The van der Waals surface area contributed by atoms with Crippen LogP contribution < -0.4 is 5.32 Å². The molecule has 0 atom stereocenters. The fraction of sp³-hybridized carbons (Fsp3) is 0.0714. The molecule has 0 fully saturated rings. The number of H-pyrrole nitrogens is 1. The zero-order valence-corrected chi connectivity index (χ0v) is 10.6. The highest BCUT2D eigenvalue weighted by molar-refractivity contribution is 6.09. The first-order valence-electron chi connectivity index (χ1n) is 5.93. The van der Waals surface area contributed by atoms with Crippen molar-refractivity contribution in [2.24, 2.45) is 0 Å². The summed E-state index contributed by atoms with van der Waals surface area (Å²) in [6.45, 7) is 0. The minimum Gasteiger partial charge on any atom is -0.453 e. The zero-order chi connectivity index (χ0) is 14.1. The Morgan fingerprint density at radius 1 is 1.30 bits per heavy atom. The number of aldehydes is 1. The highest BCUT2D eigenvalue weighted by Crippen LogP contribution is 2.27. The van der Waals surface area contributed by atoms with Crippen molar-refractivity contribution in [2.45, 2.75) is 0 Å². The fourth-order valence-corrected chi connectivity index (χ4v) is 2.11. The van der Waals surface area contributed by atoms with E-state index in [0.29, 0.717) is 11.4 Å². The van der Waals surface area contributed by atoms with E-state index in [1.165, 1.54) is 7.11 Å². The quantitative estimate of drug-likeness (QED) is 0.700. The van der Waals surface area contributed by atoms with Crippen molar-refractivity contribution in [3.05, 3.63) is 36.0 Å². The summed E-state index contributed by atoms with van der Waals surface area (Å²) in [4.78, 5) is 29.4. The number of nitrogens with one attached hydrogen (secondary N) is 2. The topological polar surface area (TPSA) is 84.1 Å². The van der Waals surface area contributed by atoms with Crippen molar-refractivity contribution in [3.8, 4) is 0 Å². The first kappa shape index (κ1) is 12.2. The molecule has 0 radical (unpaired) electrons. The van der Waals surface area contributed by atoms with Crippen molar-refractivity contribution in [2.75, 3.05) is 12.4 Å². The molecule has 2 N–H and O–H groups in total. The van der Waals surface area contributed by atoms with Gasteiger partial charge in [-0.25, -0.2) is 9.78 Å². The normalized spacial score (nSPS) is 10.7. The van der Waals surface area contributed by atoms with E-state index in [-0.39, 0.29) is 0 Å². The van der Waals surface area contributed by atoms with Gasteiger partial charge in [0.05, 0.1) is 18.8 Å². The van der Waals surface area contributed by atoms with Crippen LogP contribution in [0.3, 0.4) is 0 Å². The summed E-state index contributed by atoms with van der Waals surface area (Å²) in [5.74, 6) is 0.391. The van der Waals surface area contributed by atoms with Crippen LogP contribution in [-0.4, -0.2) is 29.5 Å². The lowest BCUT2D eigenvalue weighted by Gasteiger charge is -2.02. The van der Waals surface area contributed by atoms with Gasteiger partial charge in [-0.05, 0) is 24.3 Å². The minimum absolute atomic E-state index is 0.391. The molecule has 0 aliphatic heterocycles. The number of benzene rings is 1. The zero-order valence-electron chi connectivity index (χ0n) is 10.6. The highest BCUT2D eigenvalue weighted by atomic mass is 16.5. The number of nitrogens with zero attached hydrogens (tertiary/aromatic N) is 1. The van der Waals surface area contributed by atoms with Crippen molar-refractivity contribution < 1.29 is 14.3 Å². The molecule has 1 amide bonds. The molecule has 0 aliphatic rings. The van der Waals surface area contributed by atoms with Crippen molar-refractivity contribution in [3.63, 3.8) is 0 Å². The number of amides is 1. The van der Waals surface area contributed by atoms with Crippen LogP contribution in [0.25, 0.3) is 21.8 Å². The van der Waals surface area contributed by atoms with Gasteiger partial charge >= 0.3 is 6.09 Å². The Labute approximate surface area is 113 Å². The monoisotopic (exact) mass is 269 g/mol. The number of anilines is 1. The van der Waals surface area contributed by atoms with Gasteiger partial charge in [-0.2, -0.15) is 0 Å². The molecule has 0 saturated carbocycles. The number of methoxy groups -OCH3 is 1. The predicted molar refractivity (Wildman–Crippen MR) is 75.0 cm³/mol. The van der Waals surface area contributed by atoms with Gasteiger partial charge in [0.15, 0.2) is 0 Å². The second kappa shape index (κ2) is 4.65. The van der Waals surface area contributed by atoms with Crippen LogP contribution in [0.2, 0.25) is 0 Å². The molecule has 2 aromatic heterocycles. The molecule has 100 valence electrons. The Hall–Kier alpha value is -2.89. The summed E-state index contributed by atoms with van der Waals surface area (Å²) in [7, 11) is 1.29. The lowest BCUT2D eigenvalue weighted by molar-refractivity contribution is 0.112. The summed E-state index contributed by atoms with van der Waals surface area (Å²) in [6, 6.07) is 7.11. The van der Waals surface area contributed by atoms with Gasteiger partial charge in [-0.15, -0.1) is 0 Å². The Balaban J connectivity index is 2.17. The summed E-state index contributed by atoms with van der Waals surface area (Å²) < 4.78 is 4.53. The number of hydrogen-bond acceptors (Lipinski definition) is 4. The number of hydrogen-bond donors (Lipinski definition) is 2. The smallest absolute Gasteiger partial charge is 0.412 e. The van der Waals surface area contributed by atoms with Crippen LogP contribution in [0.15, 0.2) is 30.5 Å². The minimum atomic E-state index is -0.578. The molecule has 0 saturated heterocycles. The lowest BCUT2D eigenvalue weighted by Crippen LogP contribution is -2.11. The molecule has 0 spiro atoms. The van der Waals surface area contributed by atoms with E-state index in [4.69, 9.17) is 0 Å². The maximum atomic E-state index is 11.2. The maximum Gasteiger partial charge on any atom is 0.412 e. The van der Waals surface area contributed by atoms with Gasteiger partial charge < -0.3 is 9.72 Å². The molecular weight excluding hydrogens is 258 g/mol. The maximum absolute atomic E-state index is 11.2. The summed E-state index contributed by atoms with van der Waals surface area (Å²) in [5, 5.41) is 4.29. The van der Waals surface area contributed by atoms with Gasteiger partial charge in [0.25, 0.3) is 0 Å². The number of ether oxygens (including phenoxy) is 1. The first-order chi connectivity index (χ1) is 9.71. The van der Waals surface area contributed by atoms with Crippen LogP contribution in [0.5, 0.6) is 0 Å². The SMILES string of the molecule is COC(=O)Nc1cc2c(cn1)[nH]c1ccc(C=O)cc12. The predicted octanol–water partition coefficient (Wildman–Crippen LogP) is 2.71. The van der Waals surface area contributed by atoms with E-state index in [2.05, 4.69) is 20.0 Å². The molecular formula is C14H11N3O3. The highest BCUT2D eigenvalue weighted by Gasteiger charge is 2.08. The molecule has 20 heavy (non-hydrogen) atoms. The standard InChI is InChI=1S/C14H11N3O3/c1-20-14(19)17-13-5-10-9-4-8(7-18)2-3-11(9)16-12(10)6-15-13/h2-7,16H,1H3,(H,15,17,19). The van der Waals surface area contributed by atoms with E-state index >= 15 is 0 Å². The Morgan fingerprint density at radius 3 is 2.85 bits per heavy atom. The number of carbonyl (C=O) groups is 2. The summed E-state index contributed by atoms with van der Waals surface area (Å²) in [5.41, 5.74) is 2.33. The van der Waals surface area contributed by atoms with E-state index in [9.17, 15) is 9.59 Å². The van der Waals surface area contributed by atoms with Gasteiger partial charge in [0.1, 0.15) is 12.1 Å². The Bertz CT molecular complexity index is 823. The third-order valence-electron chi connectivity index (χ3n) is 3.06. The van der Waals surface area contributed by atoms with Crippen LogP contribution in [0, 0.1) is 0 Å². The fourth-order valence-electron chi connectivity index (χ4n) is 2.11. The molecule has 0 unspecified atom stereocenters. The van der Waals surface area contributed by atoms with E-state index < -0.39 is 6.09 Å². The number of aromatic nitrogens is 2. The number of pyridine rings is 1. The van der Waals surface area contributed by atoms with E-state index in [1.54, 1.807) is 24.4 Å². The largest absolute Gasteiger partial charge is 0.453 e. The van der Waals surface area contributed by atoms with Crippen LogP contribution in [0.4, 0.5) is 10.6 Å². The summed E-state index contributed by atoms with van der Waals surface area (Å²) in [6.07, 6.45) is 1.85. The number of fused-ring (bicyclic) bond motifs is 3. The lowest BCUT2D eigenvalue weighted by atomic mass is 10.1. The van der Waals surface area contributed by atoms with Crippen LogP contribution in [0.1, 0.15) is 10.4 Å². The first-order valence-corrected chi connectivity index (χ1v) is 5.93. The van der Waals surface area contributed by atoms with Crippen LogP contribution >= 0.6 is 0 Å². The molecule has 0 aliphatic carbocycles. The number of rotatable bonds is 2. The third kappa shape index (κ3) is 1.97. The number of carbonyl (C=O) groups excluding carboxylic acids is 2. The van der Waals surface area contributed by atoms with Gasteiger partial charge in [-0.3, -0.25) is 10.1 Å². The Kier molecular flexibility index (Phi) is 2.83. The van der Waals surface area contributed by atoms with Gasteiger partial charge in [0, 0.05) is 21.9 Å². The molecule has 3 rings (SSSR count). The number of aromatic amines is 1. The van der Waals surface area contributed by atoms with Crippen LogP contribution in [-0.2, 0) is 4.74 Å². The van der Waals surface area contributed by atoms with Crippen molar-refractivity contribution in [1.29, 1.82) is 0 Å². The van der Waals surface area contributed by atoms with E-state index in [1.807, 2.05) is 6.07 Å². The van der Waals surface area contributed by atoms with Gasteiger partial charge in [-0.1, -0.05) is 0 Å². The van der Waals surface area contributed by atoms with Crippen molar-refractivity contribution >= 4 is 40.0 Å². The molecule has 6 nitrogen and oxygen atoms in total. The van der Waals surface area contributed by atoms with E-state index in [0.717, 1.165) is 28.1 Å². The second-order valence-corrected chi connectivity index (χ2v) is 4.28. The van der Waals surface area contributed by atoms with Gasteiger partial charge in [0.2, 0.25) is 0 Å². The molecule has 1 aromatic carbocycles. The molecule has 2 heterocycles. The molecule has 3 aromatic rings.